The first-order valence-corrected chi connectivity index (χ1v) is 14.5. The molecular formula is C32H31Cl2N3O7. The number of nitrogens with one attached hydrogen (secondary N) is 1. The van der Waals surface area contributed by atoms with Crippen LogP contribution in [0.3, 0.4) is 0 Å². The van der Waals surface area contributed by atoms with Gasteiger partial charge < -0.3 is 15.2 Å². The number of aryl methyl sites for hydroxylation is 2. The van der Waals surface area contributed by atoms with E-state index in [1.165, 1.54) is 28.8 Å². The number of nitrogens with zero attached hydrogens (tertiary/aromatic N) is 2. The number of carbonyl (C=O) groups excluding carboxylic acids is 2. The number of rotatable bonds is 9. The summed E-state index contributed by atoms with van der Waals surface area (Å²) in [4.78, 5) is 63.7. The van der Waals surface area contributed by atoms with E-state index in [9.17, 15) is 29.1 Å². The van der Waals surface area contributed by atoms with Gasteiger partial charge in [-0.25, -0.2) is 14.2 Å². The summed E-state index contributed by atoms with van der Waals surface area (Å²) in [5, 5.41) is 12.7. The number of carboxylic acids is 1. The zero-order valence-corrected chi connectivity index (χ0v) is 26.0. The smallest absolute Gasteiger partial charge is 0.335 e. The number of carbonyl (C=O) groups is 3. The van der Waals surface area contributed by atoms with Gasteiger partial charge in [0.25, 0.3) is 11.5 Å². The fraction of sp³-hybridized carbons (Fsp3) is 0.281. The molecule has 0 fully saturated rings. The van der Waals surface area contributed by atoms with Gasteiger partial charge in [-0.15, -0.1) is 0 Å². The lowest BCUT2D eigenvalue weighted by molar-refractivity contribution is -0.154. The molecule has 0 bridgehead atoms. The van der Waals surface area contributed by atoms with Gasteiger partial charge in [-0.3, -0.25) is 19.0 Å². The lowest BCUT2D eigenvalue weighted by Gasteiger charge is -2.19. The summed E-state index contributed by atoms with van der Waals surface area (Å²) in [6, 6.07) is 14.5. The van der Waals surface area contributed by atoms with Gasteiger partial charge in [0.2, 0.25) is 0 Å². The average Bonchev–Trinajstić information content (AvgIpc) is 2.94. The van der Waals surface area contributed by atoms with E-state index in [0.29, 0.717) is 22.9 Å². The molecule has 0 aliphatic heterocycles. The highest BCUT2D eigenvalue weighted by molar-refractivity contribution is 6.39. The predicted octanol–water partition coefficient (Wildman–Crippen LogP) is 4.70. The SMILES string of the molecule is Cn1c(=O)n(-c2ccc(C[C@H](NC(=O)c3c(Cl)cccc3Cl)C(=O)O)cc2)c(=O)c2cc(CCC(=O)OC(C)(C)C)ccc21. The Bertz CT molecular complexity index is 1850. The van der Waals surface area contributed by atoms with Gasteiger partial charge in [0.1, 0.15) is 11.6 Å². The van der Waals surface area contributed by atoms with Crippen LogP contribution in [0.15, 0.2) is 70.3 Å². The second-order valence-corrected chi connectivity index (χ2v) is 12.1. The number of hydrogen-bond donors (Lipinski definition) is 2. The van der Waals surface area contributed by atoms with Crippen LogP contribution >= 0.6 is 23.2 Å². The molecule has 4 aromatic rings. The molecule has 4 rings (SSSR count). The molecule has 230 valence electrons. The van der Waals surface area contributed by atoms with Crippen molar-refractivity contribution in [2.24, 2.45) is 7.05 Å². The Hall–Kier alpha value is -4.41. The number of hydrogen-bond acceptors (Lipinski definition) is 6. The van der Waals surface area contributed by atoms with Crippen molar-refractivity contribution in [1.82, 2.24) is 14.5 Å². The third-order valence-electron chi connectivity index (χ3n) is 6.80. The zero-order valence-electron chi connectivity index (χ0n) is 24.5. The van der Waals surface area contributed by atoms with Crippen LogP contribution in [0.5, 0.6) is 0 Å². The molecule has 10 nitrogen and oxygen atoms in total. The van der Waals surface area contributed by atoms with E-state index in [4.69, 9.17) is 27.9 Å². The maximum Gasteiger partial charge on any atom is 0.335 e. The fourth-order valence-corrected chi connectivity index (χ4v) is 5.26. The number of ether oxygens (including phenoxy) is 1. The third kappa shape index (κ3) is 7.38. The lowest BCUT2D eigenvalue weighted by atomic mass is 10.0. The van der Waals surface area contributed by atoms with Gasteiger partial charge >= 0.3 is 17.6 Å². The highest BCUT2D eigenvalue weighted by atomic mass is 35.5. The molecule has 3 aromatic carbocycles. The van der Waals surface area contributed by atoms with Crippen LogP contribution in [0, 0.1) is 0 Å². The fourth-order valence-electron chi connectivity index (χ4n) is 4.69. The maximum absolute atomic E-state index is 13.6. The first-order chi connectivity index (χ1) is 20.7. The van der Waals surface area contributed by atoms with Gasteiger partial charge in [0.05, 0.1) is 32.2 Å². The second-order valence-electron chi connectivity index (χ2n) is 11.3. The summed E-state index contributed by atoms with van der Waals surface area (Å²) in [7, 11) is 1.56. The summed E-state index contributed by atoms with van der Waals surface area (Å²) in [5.41, 5.74) is 0.243. The molecule has 0 aliphatic rings. The van der Waals surface area contributed by atoms with Crippen LogP contribution in [0.1, 0.15) is 48.7 Å². The van der Waals surface area contributed by atoms with E-state index in [2.05, 4.69) is 5.32 Å². The van der Waals surface area contributed by atoms with Crippen molar-refractivity contribution < 1.29 is 24.2 Å². The predicted molar refractivity (Wildman–Crippen MR) is 168 cm³/mol. The summed E-state index contributed by atoms with van der Waals surface area (Å²) in [6.45, 7) is 5.37. The number of halogens is 2. The van der Waals surface area contributed by atoms with Crippen molar-refractivity contribution in [1.29, 1.82) is 0 Å². The minimum absolute atomic E-state index is 0.0306. The molecule has 12 heteroatoms. The van der Waals surface area contributed by atoms with Crippen molar-refractivity contribution in [2.75, 3.05) is 0 Å². The molecule has 44 heavy (non-hydrogen) atoms. The number of fused-ring (bicyclic) bond motifs is 1. The number of carboxylic acid groups (broad SMARTS) is 1. The minimum Gasteiger partial charge on any atom is -0.480 e. The second kappa shape index (κ2) is 13.1. The molecule has 1 heterocycles. The lowest BCUT2D eigenvalue weighted by Crippen LogP contribution is -2.42. The minimum atomic E-state index is -1.31. The van der Waals surface area contributed by atoms with Crippen molar-refractivity contribution in [2.45, 2.75) is 51.7 Å². The van der Waals surface area contributed by atoms with Crippen LogP contribution in [-0.4, -0.2) is 43.7 Å². The number of aliphatic carboxylic acids is 1. The van der Waals surface area contributed by atoms with Crippen molar-refractivity contribution in [3.63, 3.8) is 0 Å². The Morgan fingerprint density at radius 3 is 2.16 bits per heavy atom. The van der Waals surface area contributed by atoms with E-state index >= 15 is 0 Å². The number of aromatic nitrogens is 2. The molecule has 1 atom stereocenters. The van der Waals surface area contributed by atoms with Gasteiger partial charge in [0.15, 0.2) is 0 Å². The van der Waals surface area contributed by atoms with Crippen molar-refractivity contribution in [3.8, 4) is 5.69 Å². The third-order valence-corrected chi connectivity index (χ3v) is 7.43. The number of amides is 1. The number of esters is 1. The molecule has 0 spiro atoms. The maximum atomic E-state index is 13.6. The molecule has 1 aromatic heterocycles. The van der Waals surface area contributed by atoms with Gasteiger partial charge in [-0.05, 0) is 74.7 Å². The molecule has 0 aliphatic carbocycles. The van der Waals surface area contributed by atoms with E-state index in [1.54, 1.807) is 64.2 Å². The van der Waals surface area contributed by atoms with E-state index in [-0.39, 0.29) is 40.1 Å². The van der Waals surface area contributed by atoms with Crippen molar-refractivity contribution >= 4 is 52.0 Å². The van der Waals surface area contributed by atoms with E-state index < -0.39 is 34.8 Å². The molecule has 0 saturated carbocycles. The van der Waals surface area contributed by atoms with Crippen LogP contribution < -0.4 is 16.6 Å². The first kappa shape index (κ1) is 32.5. The summed E-state index contributed by atoms with van der Waals surface area (Å²) >= 11 is 12.2. The monoisotopic (exact) mass is 639 g/mol. The van der Waals surface area contributed by atoms with Gasteiger partial charge in [-0.2, -0.15) is 0 Å². The Morgan fingerprint density at radius 2 is 1.57 bits per heavy atom. The Morgan fingerprint density at radius 1 is 0.955 bits per heavy atom. The Labute approximate surface area is 262 Å². The van der Waals surface area contributed by atoms with Crippen LogP contribution in [0.4, 0.5) is 0 Å². The molecule has 2 N–H and O–H groups in total. The van der Waals surface area contributed by atoms with Gasteiger partial charge in [0, 0.05) is 19.9 Å². The van der Waals surface area contributed by atoms with Crippen molar-refractivity contribution in [3.05, 3.63) is 108 Å². The summed E-state index contributed by atoms with van der Waals surface area (Å²) in [5.74, 6) is -2.36. The molecular weight excluding hydrogens is 609 g/mol. The molecule has 1 amide bonds. The van der Waals surface area contributed by atoms with Crippen LogP contribution in [-0.2, 0) is 34.2 Å². The normalized spacial score (nSPS) is 12.1. The highest BCUT2D eigenvalue weighted by Gasteiger charge is 2.24. The topological polar surface area (TPSA) is 137 Å². The zero-order chi connectivity index (χ0) is 32.3. The summed E-state index contributed by atoms with van der Waals surface area (Å²) in [6.07, 6.45) is 0.397. The van der Waals surface area contributed by atoms with Crippen LogP contribution in [0.25, 0.3) is 16.6 Å². The van der Waals surface area contributed by atoms with E-state index in [1.807, 2.05) is 0 Å². The molecule has 0 radical (unpaired) electrons. The Kier molecular flexibility index (Phi) is 9.66. The molecule has 0 saturated heterocycles. The number of benzene rings is 3. The van der Waals surface area contributed by atoms with Crippen LogP contribution in [0.2, 0.25) is 10.0 Å². The quantitative estimate of drug-likeness (QED) is 0.253. The van der Waals surface area contributed by atoms with E-state index in [0.717, 1.165) is 10.1 Å². The largest absolute Gasteiger partial charge is 0.480 e. The highest BCUT2D eigenvalue weighted by Crippen LogP contribution is 2.24. The standard InChI is InChI=1S/C32H31Cl2N3O7/c1-32(2,3)44-26(38)15-11-18-10-14-25-21(16-18)29(40)37(31(43)36(25)4)20-12-8-19(9-13-20)17-24(30(41)42)35-28(39)27-22(33)6-5-7-23(27)34/h5-10,12-14,16,24H,11,15,17H2,1-4H3,(H,35,39)(H,41,42)/t24-/m0/s1. The summed E-state index contributed by atoms with van der Waals surface area (Å²) < 4.78 is 7.75. The average molecular weight is 641 g/mol. The van der Waals surface area contributed by atoms with Gasteiger partial charge in [-0.1, -0.05) is 47.5 Å². The molecule has 0 unspecified atom stereocenters. The Balaban J connectivity index is 1.58. The first-order valence-electron chi connectivity index (χ1n) is 13.7.